The molecule has 3 heterocycles. The Morgan fingerprint density at radius 1 is 1.10 bits per heavy atom. The molecule has 0 radical (unpaired) electrons. The molecule has 8 heteroatoms. The van der Waals surface area contributed by atoms with Gasteiger partial charge in [0.15, 0.2) is 5.16 Å². The molecule has 0 atom stereocenters. The highest BCUT2D eigenvalue weighted by Gasteiger charge is 2.27. The molecule has 1 saturated heterocycles. The number of carbonyl (C=O) groups is 1. The number of para-hydroxylation sites is 1. The molecule has 1 aromatic carbocycles. The van der Waals surface area contributed by atoms with Crippen LogP contribution in [0.4, 0.5) is 0 Å². The fourth-order valence-corrected chi connectivity index (χ4v) is 6.96. The number of rotatable bonds is 5. The summed E-state index contributed by atoms with van der Waals surface area (Å²) in [5, 5.41) is 10.8. The van der Waals surface area contributed by atoms with Crippen LogP contribution >= 0.6 is 23.1 Å². The van der Waals surface area contributed by atoms with Crippen molar-refractivity contribution in [3.05, 3.63) is 35.1 Å². The Kier molecular flexibility index (Phi) is 6.27. The minimum absolute atomic E-state index is 0.212. The molecule has 5 rings (SSSR count). The van der Waals surface area contributed by atoms with E-state index < -0.39 is 0 Å². The van der Waals surface area contributed by atoms with Crippen LogP contribution in [0, 0.1) is 6.92 Å². The van der Waals surface area contributed by atoms with E-state index in [0.717, 1.165) is 42.4 Å². The van der Waals surface area contributed by atoms with Crippen LogP contribution in [0.3, 0.4) is 0 Å². The molecule has 1 aliphatic heterocycles. The van der Waals surface area contributed by atoms with Crippen LogP contribution in [-0.2, 0) is 4.79 Å². The molecule has 164 valence electrons. The molecule has 1 aliphatic carbocycles. The Balaban J connectivity index is 1.16. The number of fused-ring (bicyclic) bond motifs is 1. The average Bonchev–Trinajstić information content (AvgIpc) is 3.41. The van der Waals surface area contributed by atoms with Crippen molar-refractivity contribution in [2.75, 3.05) is 18.8 Å². The number of nitrogens with zero attached hydrogens (tertiary/aromatic N) is 5. The van der Waals surface area contributed by atoms with E-state index >= 15 is 0 Å². The molecule has 0 spiro atoms. The highest BCUT2D eigenvalue weighted by Crippen LogP contribution is 2.35. The number of hydrogen-bond acceptors (Lipinski definition) is 6. The van der Waals surface area contributed by atoms with Gasteiger partial charge in [-0.2, -0.15) is 0 Å². The van der Waals surface area contributed by atoms with Crippen LogP contribution in [0.5, 0.6) is 0 Å². The van der Waals surface area contributed by atoms with Gasteiger partial charge < -0.3 is 9.47 Å². The molecule has 6 nitrogen and oxygen atoms in total. The number of thioether (sulfide) groups is 1. The molecule has 0 N–H and O–H groups in total. The van der Waals surface area contributed by atoms with Crippen LogP contribution in [0.25, 0.3) is 10.2 Å². The largest absolute Gasteiger partial charge is 0.342 e. The van der Waals surface area contributed by atoms with E-state index in [0.29, 0.717) is 17.7 Å². The number of thiazole rings is 1. The first-order chi connectivity index (χ1) is 15.2. The monoisotopic (exact) mass is 455 g/mol. The molecule has 2 fully saturated rings. The average molecular weight is 456 g/mol. The van der Waals surface area contributed by atoms with E-state index in [9.17, 15) is 4.79 Å². The van der Waals surface area contributed by atoms with Crippen molar-refractivity contribution in [2.45, 2.75) is 69.0 Å². The predicted molar refractivity (Wildman–Crippen MR) is 126 cm³/mol. The lowest BCUT2D eigenvalue weighted by Crippen LogP contribution is -2.39. The summed E-state index contributed by atoms with van der Waals surface area (Å²) in [6, 6.07) is 8.83. The standard InChI is InChI=1S/C23H29N5OS2/c1-16-25-26-23(28(16)18-7-3-2-4-8-18)30-15-21(29)27-13-11-17(12-14-27)22-24-19-9-5-6-10-20(19)31-22/h5-6,9-10,17-18H,2-4,7-8,11-15H2,1H3. The van der Waals surface area contributed by atoms with Gasteiger partial charge in [0.2, 0.25) is 5.91 Å². The van der Waals surface area contributed by atoms with Gasteiger partial charge in [-0.25, -0.2) is 4.98 Å². The van der Waals surface area contributed by atoms with Crippen LogP contribution < -0.4 is 0 Å². The molecular weight excluding hydrogens is 426 g/mol. The predicted octanol–water partition coefficient (Wildman–Crippen LogP) is 5.20. The highest BCUT2D eigenvalue weighted by molar-refractivity contribution is 7.99. The van der Waals surface area contributed by atoms with Crippen molar-refractivity contribution >= 4 is 39.2 Å². The Morgan fingerprint density at radius 2 is 1.87 bits per heavy atom. The number of likely N-dealkylation sites (tertiary alicyclic amines) is 1. The second kappa shape index (κ2) is 9.28. The van der Waals surface area contributed by atoms with E-state index in [-0.39, 0.29) is 5.91 Å². The maximum absolute atomic E-state index is 12.9. The van der Waals surface area contributed by atoms with Crippen LogP contribution in [0.1, 0.15) is 67.7 Å². The van der Waals surface area contributed by atoms with Gasteiger partial charge in [-0.3, -0.25) is 4.79 Å². The van der Waals surface area contributed by atoms with Gasteiger partial charge in [0, 0.05) is 25.0 Å². The van der Waals surface area contributed by atoms with Gasteiger partial charge in [-0.05, 0) is 44.7 Å². The van der Waals surface area contributed by atoms with E-state index in [1.807, 2.05) is 17.9 Å². The minimum atomic E-state index is 0.212. The molecule has 0 bridgehead atoms. The SMILES string of the molecule is Cc1nnc(SCC(=O)N2CCC(c3nc4ccccc4s3)CC2)n1C1CCCCC1. The smallest absolute Gasteiger partial charge is 0.233 e. The summed E-state index contributed by atoms with van der Waals surface area (Å²) in [4.78, 5) is 19.7. The third-order valence-electron chi connectivity index (χ3n) is 6.61. The number of aryl methyl sites for hydroxylation is 1. The van der Waals surface area contributed by atoms with Crippen molar-refractivity contribution in [2.24, 2.45) is 0 Å². The molecule has 1 saturated carbocycles. The Hall–Kier alpha value is -1.93. The zero-order valence-corrected chi connectivity index (χ0v) is 19.6. The van der Waals surface area contributed by atoms with E-state index in [1.165, 1.54) is 41.8 Å². The maximum atomic E-state index is 12.9. The number of piperidine rings is 1. The normalized spacial score (nSPS) is 18.7. The summed E-state index contributed by atoms with van der Waals surface area (Å²) in [5.41, 5.74) is 1.09. The maximum Gasteiger partial charge on any atom is 0.233 e. The molecule has 31 heavy (non-hydrogen) atoms. The van der Waals surface area contributed by atoms with Crippen LogP contribution in [0.2, 0.25) is 0 Å². The first-order valence-corrected chi connectivity index (χ1v) is 13.2. The molecular formula is C23H29N5OS2. The summed E-state index contributed by atoms with van der Waals surface area (Å²) in [6.07, 6.45) is 8.25. The molecule has 2 aromatic heterocycles. The third-order valence-corrected chi connectivity index (χ3v) is 8.73. The van der Waals surface area contributed by atoms with Crippen molar-refractivity contribution in [1.82, 2.24) is 24.6 Å². The number of carbonyl (C=O) groups excluding carboxylic acids is 1. The third kappa shape index (κ3) is 4.51. The Labute approximate surface area is 191 Å². The van der Waals surface area contributed by atoms with E-state index in [4.69, 9.17) is 4.98 Å². The van der Waals surface area contributed by atoms with Crippen molar-refractivity contribution < 1.29 is 4.79 Å². The second-order valence-corrected chi connectivity index (χ2v) is 10.7. The van der Waals surface area contributed by atoms with E-state index in [1.54, 1.807) is 23.1 Å². The summed E-state index contributed by atoms with van der Waals surface area (Å²) >= 11 is 3.35. The minimum Gasteiger partial charge on any atom is -0.342 e. The van der Waals surface area contributed by atoms with Crippen molar-refractivity contribution in [1.29, 1.82) is 0 Å². The lowest BCUT2D eigenvalue weighted by molar-refractivity contribution is -0.129. The lowest BCUT2D eigenvalue weighted by atomic mass is 9.95. The molecule has 3 aromatic rings. The topological polar surface area (TPSA) is 63.9 Å². The summed E-state index contributed by atoms with van der Waals surface area (Å²) in [5.74, 6) is 2.09. The number of aromatic nitrogens is 4. The number of hydrogen-bond donors (Lipinski definition) is 0. The van der Waals surface area contributed by atoms with Crippen LogP contribution in [-0.4, -0.2) is 49.4 Å². The number of benzene rings is 1. The van der Waals surface area contributed by atoms with Crippen molar-refractivity contribution in [3.8, 4) is 0 Å². The highest BCUT2D eigenvalue weighted by atomic mass is 32.2. The molecule has 2 aliphatic rings. The summed E-state index contributed by atoms with van der Waals surface area (Å²) in [7, 11) is 0. The van der Waals surface area contributed by atoms with Crippen LogP contribution in [0.15, 0.2) is 29.4 Å². The Morgan fingerprint density at radius 3 is 2.65 bits per heavy atom. The molecule has 0 unspecified atom stereocenters. The van der Waals surface area contributed by atoms with Crippen molar-refractivity contribution in [3.63, 3.8) is 0 Å². The zero-order chi connectivity index (χ0) is 21.2. The zero-order valence-electron chi connectivity index (χ0n) is 18.0. The van der Waals surface area contributed by atoms with Gasteiger partial charge >= 0.3 is 0 Å². The first kappa shape index (κ1) is 20.9. The fourth-order valence-electron chi connectivity index (χ4n) is 4.87. The summed E-state index contributed by atoms with van der Waals surface area (Å²) < 4.78 is 3.53. The van der Waals surface area contributed by atoms with Gasteiger partial charge in [0.25, 0.3) is 0 Å². The quantitative estimate of drug-likeness (QED) is 0.495. The Bertz CT molecular complexity index is 1010. The van der Waals surface area contributed by atoms with Gasteiger partial charge in [-0.15, -0.1) is 21.5 Å². The second-order valence-electron chi connectivity index (χ2n) is 8.66. The lowest BCUT2D eigenvalue weighted by Gasteiger charge is -2.31. The molecule has 1 amide bonds. The van der Waals surface area contributed by atoms with E-state index in [2.05, 4.69) is 33.0 Å². The summed E-state index contributed by atoms with van der Waals surface area (Å²) in [6.45, 7) is 3.66. The first-order valence-electron chi connectivity index (χ1n) is 11.4. The van der Waals surface area contributed by atoms with Gasteiger partial charge in [0.05, 0.1) is 21.0 Å². The number of amides is 1. The van der Waals surface area contributed by atoms with Gasteiger partial charge in [0.1, 0.15) is 5.82 Å². The van der Waals surface area contributed by atoms with Gasteiger partial charge in [-0.1, -0.05) is 43.2 Å². The fraction of sp³-hybridized carbons (Fsp3) is 0.565.